The minimum atomic E-state index is 0.455. The molecule has 3 heteroatoms. The van der Waals surface area contributed by atoms with Crippen molar-refractivity contribution >= 4 is 23.3 Å². The van der Waals surface area contributed by atoms with Gasteiger partial charge in [-0.3, -0.25) is 0 Å². The highest BCUT2D eigenvalue weighted by Crippen LogP contribution is 2.24. The number of hydrogen-bond acceptors (Lipinski definition) is 1. The zero-order chi connectivity index (χ0) is 13.3. The van der Waals surface area contributed by atoms with E-state index in [-0.39, 0.29) is 0 Å². The molecule has 0 aliphatic carbocycles. The van der Waals surface area contributed by atoms with Crippen molar-refractivity contribution < 1.29 is 0 Å². The van der Waals surface area contributed by atoms with Crippen LogP contribution in [0, 0.1) is 17.6 Å². The Morgan fingerprint density at radius 1 is 1.22 bits per heavy atom. The second kappa shape index (κ2) is 5.27. The summed E-state index contributed by atoms with van der Waals surface area (Å²) in [7, 11) is 0. The summed E-state index contributed by atoms with van der Waals surface area (Å²) in [5, 5.41) is 0. The molecule has 0 saturated carbocycles. The first-order valence-corrected chi connectivity index (χ1v) is 7.10. The molecule has 1 unspecified atom stereocenters. The van der Waals surface area contributed by atoms with Crippen LogP contribution in [0.4, 0.5) is 0 Å². The smallest absolute Gasteiger partial charge is 0.178 e. The Morgan fingerprint density at radius 3 is 2.61 bits per heavy atom. The zero-order valence-electron chi connectivity index (χ0n) is 11.7. The monoisotopic (exact) mass is 262 g/mol. The number of aromatic nitrogens is 2. The summed E-state index contributed by atoms with van der Waals surface area (Å²) in [6.45, 7) is 8.90. The SMILES string of the molecule is Cc1ccc2c(c1)[nH]c(=S)n2C(C)CCC(C)C. The van der Waals surface area contributed by atoms with Gasteiger partial charge in [-0.15, -0.1) is 0 Å². The number of rotatable bonds is 4. The minimum absolute atomic E-state index is 0.455. The fraction of sp³-hybridized carbons (Fsp3) is 0.533. The highest BCUT2D eigenvalue weighted by atomic mass is 32.1. The Morgan fingerprint density at radius 2 is 1.94 bits per heavy atom. The predicted molar refractivity (Wildman–Crippen MR) is 80.6 cm³/mol. The van der Waals surface area contributed by atoms with E-state index in [1.807, 2.05) is 0 Å². The second-order valence-electron chi connectivity index (χ2n) is 5.64. The van der Waals surface area contributed by atoms with Gasteiger partial charge in [-0.1, -0.05) is 19.9 Å². The topological polar surface area (TPSA) is 20.7 Å². The van der Waals surface area contributed by atoms with Gasteiger partial charge in [-0.2, -0.15) is 0 Å². The summed E-state index contributed by atoms with van der Waals surface area (Å²) in [4.78, 5) is 3.31. The van der Waals surface area contributed by atoms with Gasteiger partial charge >= 0.3 is 0 Å². The van der Waals surface area contributed by atoms with Crippen LogP contribution in [0.25, 0.3) is 11.0 Å². The molecule has 1 heterocycles. The quantitative estimate of drug-likeness (QED) is 0.769. The lowest BCUT2D eigenvalue weighted by molar-refractivity contribution is 0.443. The molecule has 0 aliphatic heterocycles. The molecule has 18 heavy (non-hydrogen) atoms. The summed E-state index contributed by atoms with van der Waals surface area (Å²) in [5.41, 5.74) is 3.64. The molecule has 0 bridgehead atoms. The third-order valence-corrected chi connectivity index (χ3v) is 3.77. The van der Waals surface area contributed by atoms with Crippen molar-refractivity contribution in [3.8, 4) is 0 Å². The van der Waals surface area contributed by atoms with Crippen LogP contribution in [0.1, 0.15) is 45.2 Å². The molecule has 0 aliphatic rings. The lowest BCUT2D eigenvalue weighted by atomic mass is 10.0. The van der Waals surface area contributed by atoms with Crippen molar-refractivity contribution in [3.05, 3.63) is 28.5 Å². The maximum atomic E-state index is 5.46. The van der Waals surface area contributed by atoms with E-state index in [1.165, 1.54) is 23.9 Å². The van der Waals surface area contributed by atoms with Crippen LogP contribution in [0.5, 0.6) is 0 Å². The molecule has 1 aromatic heterocycles. The van der Waals surface area contributed by atoms with Crippen LogP contribution < -0.4 is 0 Å². The summed E-state index contributed by atoms with van der Waals surface area (Å²) in [6.07, 6.45) is 2.41. The Hall–Kier alpha value is -1.09. The number of imidazole rings is 1. The number of aryl methyl sites for hydroxylation is 1. The van der Waals surface area contributed by atoms with Gasteiger partial charge < -0.3 is 9.55 Å². The fourth-order valence-corrected chi connectivity index (χ4v) is 2.77. The molecule has 0 spiro atoms. The Labute approximate surface area is 114 Å². The number of H-pyrrole nitrogens is 1. The molecule has 1 aromatic carbocycles. The molecule has 2 aromatic rings. The number of nitrogens with one attached hydrogen (secondary N) is 1. The molecule has 0 amide bonds. The highest BCUT2D eigenvalue weighted by molar-refractivity contribution is 7.71. The maximum absolute atomic E-state index is 5.46. The largest absolute Gasteiger partial charge is 0.331 e. The third-order valence-electron chi connectivity index (χ3n) is 3.47. The summed E-state index contributed by atoms with van der Waals surface area (Å²) in [5.74, 6) is 0.745. The van der Waals surface area contributed by atoms with Gasteiger partial charge in [0.25, 0.3) is 0 Å². The highest BCUT2D eigenvalue weighted by Gasteiger charge is 2.11. The van der Waals surface area contributed by atoms with Crippen molar-refractivity contribution in [2.24, 2.45) is 5.92 Å². The first kappa shape index (κ1) is 13.3. The van der Waals surface area contributed by atoms with Crippen LogP contribution in [0.3, 0.4) is 0 Å². The van der Waals surface area contributed by atoms with Crippen molar-refractivity contribution in [1.82, 2.24) is 9.55 Å². The van der Waals surface area contributed by atoms with E-state index in [0.29, 0.717) is 6.04 Å². The van der Waals surface area contributed by atoms with E-state index in [4.69, 9.17) is 12.2 Å². The van der Waals surface area contributed by atoms with E-state index >= 15 is 0 Å². The predicted octanol–water partition coefficient (Wildman–Crippen LogP) is 5.00. The van der Waals surface area contributed by atoms with Gasteiger partial charge in [0, 0.05) is 6.04 Å². The molecular weight excluding hydrogens is 240 g/mol. The lowest BCUT2D eigenvalue weighted by Gasteiger charge is -2.15. The molecule has 0 saturated heterocycles. The van der Waals surface area contributed by atoms with Crippen molar-refractivity contribution in [2.75, 3.05) is 0 Å². The third kappa shape index (κ3) is 2.66. The number of nitrogens with zero attached hydrogens (tertiary/aromatic N) is 1. The van der Waals surface area contributed by atoms with Crippen LogP contribution in [0.2, 0.25) is 0 Å². The van der Waals surface area contributed by atoms with Gasteiger partial charge in [-0.05, 0) is 62.5 Å². The van der Waals surface area contributed by atoms with Gasteiger partial charge in [0.1, 0.15) is 0 Å². The number of benzene rings is 1. The van der Waals surface area contributed by atoms with Gasteiger partial charge in [0.2, 0.25) is 0 Å². The average molecular weight is 262 g/mol. The van der Waals surface area contributed by atoms with E-state index in [1.54, 1.807) is 0 Å². The second-order valence-corrected chi connectivity index (χ2v) is 6.03. The lowest BCUT2D eigenvalue weighted by Crippen LogP contribution is -2.06. The van der Waals surface area contributed by atoms with Gasteiger partial charge in [0.15, 0.2) is 4.77 Å². The van der Waals surface area contributed by atoms with E-state index in [2.05, 4.69) is 55.4 Å². The molecule has 1 atom stereocenters. The zero-order valence-corrected chi connectivity index (χ0v) is 12.5. The number of fused-ring (bicyclic) bond motifs is 1. The van der Waals surface area contributed by atoms with E-state index in [0.717, 1.165) is 16.2 Å². The summed E-state index contributed by atoms with van der Waals surface area (Å²) >= 11 is 5.46. The maximum Gasteiger partial charge on any atom is 0.178 e. The molecule has 2 nitrogen and oxygen atoms in total. The van der Waals surface area contributed by atoms with Crippen molar-refractivity contribution in [1.29, 1.82) is 0 Å². The molecule has 2 rings (SSSR count). The first-order valence-electron chi connectivity index (χ1n) is 6.70. The summed E-state index contributed by atoms with van der Waals surface area (Å²) < 4.78 is 3.10. The summed E-state index contributed by atoms with van der Waals surface area (Å²) in [6, 6.07) is 6.94. The van der Waals surface area contributed by atoms with Crippen LogP contribution in [-0.2, 0) is 0 Å². The molecule has 1 N–H and O–H groups in total. The standard InChI is InChI=1S/C15H22N2S/c1-10(2)5-7-12(4)17-14-8-6-11(3)9-13(14)16-15(17)18/h6,8-10,12H,5,7H2,1-4H3,(H,16,18). The fourth-order valence-electron chi connectivity index (χ4n) is 2.39. The molecular formula is C15H22N2S. The number of hydrogen-bond donors (Lipinski definition) is 1. The Bertz CT molecular complexity index is 592. The van der Waals surface area contributed by atoms with E-state index in [9.17, 15) is 0 Å². The van der Waals surface area contributed by atoms with Crippen LogP contribution in [0.15, 0.2) is 18.2 Å². The Kier molecular flexibility index (Phi) is 3.91. The Balaban J connectivity index is 2.38. The van der Waals surface area contributed by atoms with Crippen LogP contribution in [-0.4, -0.2) is 9.55 Å². The van der Waals surface area contributed by atoms with Gasteiger partial charge in [0.05, 0.1) is 11.0 Å². The number of aromatic amines is 1. The first-order chi connectivity index (χ1) is 8.49. The average Bonchev–Trinajstić information content (AvgIpc) is 2.61. The van der Waals surface area contributed by atoms with Crippen LogP contribution >= 0.6 is 12.2 Å². The van der Waals surface area contributed by atoms with E-state index < -0.39 is 0 Å². The van der Waals surface area contributed by atoms with Crippen molar-refractivity contribution in [2.45, 2.75) is 46.6 Å². The minimum Gasteiger partial charge on any atom is -0.331 e. The molecule has 98 valence electrons. The van der Waals surface area contributed by atoms with Crippen molar-refractivity contribution in [3.63, 3.8) is 0 Å². The molecule has 0 radical (unpaired) electrons. The normalized spacial score (nSPS) is 13.4. The van der Waals surface area contributed by atoms with Gasteiger partial charge in [-0.25, -0.2) is 0 Å². The molecule has 0 fully saturated rings.